The smallest absolute Gasteiger partial charge is 0.253 e. The molecule has 0 aliphatic rings. The predicted octanol–water partition coefficient (Wildman–Crippen LogP) is 2.56. The molecule has 1 aromatic heterocycles. The quantitative estimate of drug-likeness (QED) is 0.574. The molecule has 2 rings (SSSR count). The number of benzene rings is 1. The van der Waals surface area contributed by atoms with Gasteiger partial charge in [-0.15, -0.1) is 0 Å². The van der Waals surface area contributed by atoms with E-state index < -0.39 is 5.91 Å². The van der Waals surface area contributed by atoms with Crippen LogP contribution in [-0.2, 0) is 4.79 Å². The Bertz CT molecular complexity index is 754. The van der Waals surface area contributed by atoms with Crippen LogP contribution >= 0.6 is 12.2 Å². The first kappa shape index (κ1) is 17.4. The molecule has 0 saturated heterocycles. The minimum absolute atomic E-state index is 0.0980. The number of nitrogens with one attached hydrogen (secondary N) is 3. The molecule has 0 fully saturated rings. The number of para-hydroxylation sites is 1. The summed E-state index contributed by atoms with van der Waals surface area (Å²) in [5.74, 6) is -0.0579. The molecule has 0 aliphatic heterocycles. The van der Waals surface area contributed by atoms with E-state index in [2.05, 4.69) is 16.0 Å². The van der Waals surface area contributed by atoms with Crippen molar-refractivity contribution in [2.45, 2.75) is 6.92 Å². The van der Waals surface area contributed by atoms with E-state index in [1.54, 1.807) is 36.4 Å². The average Bonchev–Trinajstić information content (AvgIpc) is 3.07. The van der Waals surface area contributed by atoms with E-state index in [4.69, 9.17) is 16.6 Å². The summed E-state index contributed by atoms with van der Waals surface area (Å²) in [4.78, 5) is 23.8. The van der Waals surface area contributed by atoms with Crippen LogP contribution in [-0.4, -0.2) is 23.5 Å². The molecule has 7 heteroatoms. The number of carbonyl (C=O) groups is 2. The SMILES string of the molecule is CCNC(=O)c1ccccc1NC(=S)NC(=O)/C=C/c1ccco1. The second-order valence-corrected chi connectivity index (χ2v) is 5.11. The monoisotopic (exact) mass is 343 g/mol. The zero-order chi connectivity index (χ0) is 17.4. The van der Waals surface area contributed by atoms with Gasteiger partial charge in [0.2, 0.25) is 5.91 Å². The van der Waals surface area contributed by atoms with Crippen molar-refractivity contribution >= 4 is 40.9 Å². The lowest BCUT2D eigenvalue weighted by Crippen LogP contribution is -2.34. The highest BCUT2D eigenvalue weighted by Crippen LogP contribution is 2.14. The van der Waals surface area contributed by atoms with E-state index in [0.717, 1.165) is 0 Å². The summed E-state index contributed by atoms with van der Waals surface area (Å²) < 4.78 is 5.09. The van der Waals surface area contributed by atoms with Crippen LogP contribution in [0.25, 0.3) is 6.08 Å². The highest BCUT2D eigenvalue weighted by Gasteiger charge is 2.11. The number of amides is 2. The van der Waals surface area contributed by atoms with Crippen molar-refractivity contribution in [2.24, 2.45) is 0 Å². The van der Waals surface area contributed by atoms with E-state index in [1.165, 1.54) is 18.4 Å². The Morgan fingerprint density at radius 2 is 2.00 bits per heavy atom. The molecule has 2 aromatic rings. The molecule has 24 heavy (non-hydrogen) atoms. The number of anilines is 1. The summed E-state index contributed by atoms with van der Waals surface area (Å²) in [5, 5.41) is 8.18. The zero-order valence-corrected chi connectivity index (χ0v) is 13.9. The van der Waals surface area contributed by atoms with Crippen LogP contribution in [0, 0.1) is 0 Å². The third kappa shape index (κ3) is 5.06. The number of hydrogen-bond donors (Lipinski definition) is 3. The topological polar surface area (TPSA) is 83.4 Å². The van der Waals surface area contributed by atoms with Crippen LogP contribution in [0.3, 0.4) is 0 Å². The maximum atomic E-state index is 12.0. The van der Waals surface area contributed by atoms with Gasteiger partial charge in [0.1, 0.15) is 5.76 Å². The fourth-order valence-electron chi connectivity index (χ4n) is 1.90. The van der Waals surface area contributed by atoms with Gasteiger partial charge >= 0.3 is 0 Å². The highest BCUT2D eigenvalue weighted by atomic mass is 32.1. The molecule has 124 valence electrons. The normalized spacial score (nSPS) is 10.4. The maximum absolute atomic E-state index is 12.0. The Kier molecular flexibility index (Phi) is 6.27. The van der Waals surface area contributed by atoms with Crippen molar-refractivity contribution in [1.82, 2.24) is 10.6 Å². The van der Waals surface area contributed by atoms with Crippen LogP contribution in [0.5, 0.6) is 0 Å². The van der Waals surface area contributed by atoms with Crippen LogP contribution in [0.2, 0.25) is 0 Å². The molecule has 2 amide bonds. The van der Waals surface area contributed by atoms with Gasteiger partial charge in [-0.05, 0) is 49.5 Å². The molecule has 0 unspecified atom stereocenters. The first-order chi connectivity index (χ1) is 11.6. The lowest BCUT2D eigenvalue weighted by molar-refractivity contribution is -0.115. The van der Waals surface area contributed by atoms with Crippen molar-refractivity contribution in [3.63, 3.8) is 0 Å². The Balaban J connectivity index is 1.97. The van der Waals surface area contributed by atoms with E-state index in [1.807, 2.05) is 6.92 Å². The van der Waals surface area contributed by atoms with Crippen LogP contribution in [0.15, 0.2) is 53.2 Å². The van der Waals surface area contributed by atoms with Gasteiger partial charge in [-0.2, -0.15) is 0 Å². The fourth-order valence-corrected chi connectivity index (χ4v) is 2.11. The van der Waals surface area contributed by atoms with Crippen LogP contribution < -0.4 is 16.0 Å². The third-order valence-electron chi connectivity index (χ3n) is 2.94. The second-order valence-electron chi connectivity index (χ2n) is 4.70. The van der Waals surface area contributed by atoms with E-state index in [9.17, 15) is 9.59 Å². The first-order valence-corrected chi connectivity index (χ1v) is 7.71. The van der Waals surface area contributed by atoms with Crippen molar-refractivity contribution in [2.75, 3.05) is 11.9 Å². The summed E-state index contributed by atoms with van der Waals surface area (Å²) in [7, 11) is 0. The van der Waals surface area contributed by atoms with Gasteiger partial charge in [0.05, 0.1) is 17.5 Å². The van der Waals surface area contributed by atoms with Crippen molar-refractivity contribution in [1.29, 1.82) is 0 Å². The Labute approximate surface area is 144 Å². The molecule has 0 spiro atoms. The van der Waals surface area contributed by atoms with Gasteiger partial charge in [-0.3, -0.25) is 14.9 Å². The zero-order valence-electron chi connectivity index (χ0n) is 13.0. The summed E-state index contributed by atoms with van der Waals surface area (Å²) in [6.45, 7) is 2.36. The van der Waals surface area contributed by atoms with E-state index in [-0.39, 0.29) is 11.0 Å². The van der Waals surface area contributed by atoms with E-state index in [0.29, 0.717) is 23.6 Å². The summed E-state index contributed by atoms with van der Waals surface area (Å²) in [6.07, 6.45) is 4.35. The molecule has 0 bridgehead atoms. The molecule has 1 heterocycles. The van der Waals surface area contributed by atoms with Gasteiger partial charge < -0.3 is 15.1 Å². The summed E-state index contributed by atoms with van der Waals surface area (Å²) in [6, 6.07) is 10.4. The third-order valence-corrected chi connectivity index (χ3v) is 3.14. The molecule has 1 aromatic carbocycles. The minimum Gasteiger partial charge on any atom is -0.465 e. The van der Waals surface area contributed by atoms with Gasteiger partial charge in [-0.1, -0.05) is 12.1 Å². The number of furan rings is 1. The Morgan fingerprint density at radius 1 is 1.21 bits per heavy atom. The lowest BCUT2D eigenvalue weighted by atomic mass is 10.1. The van der Waals surface area contributed by atoms with Gasteiger partial charge in [0.25, 0.3) is 5.91 Å². The number of thiocarbonyl (C=S) groups is 1. The number of carbonyl (C=O) groups excluding carboxylic acids is 2. The molecule has 0 aliphatic carbocycles. The molecule has 0 atom stereocenters. The molecular formula is C17H17N3O3S. The standard InChI is InChI=1S/C17H17N3O3S/c1-2-18-16(22)13-7-3-4-8-14(13)19-17(24)20-15(21)10-9-12-6-5-11-23-12/h3-11H,2H2,1H3,(H,18,22)(H2,19,20,21,24)/b10-9+. The van der Waals surface area contributed by atoms with Crippen LogP contribution in [0.1, 0.15) is 23.0 Å². The van der Waals surface area contributed by atoms with Gasteiger partial charge in [-0.25, -0.2) is 0 Å². The van der Waals surface area contributed by atoms with Crippen LogP contribution in [0.4, 0.5) is 5.69 Å². The highest BCUT2D eigenvalue weighted by molar-refractivity contribution is 7.80. The molecule has 0 saturated carbocycles. The van der Waals surface area contributed by atoms with Crippen molar-refractivity contribution < 1.29 is 14.0 Å². The Morgan fingerprint density at radius 3 is 2.71 bits per heavy atom. The molecule has 0 radical (unpaired) electrons. The largest absolute Gasteiger partial charge is 0.465 e. The fraction of sp³-hybridized carbons (Fsp3) is 0.118. The second kappa shape index (κ2) is 8.64. The Hall–Kier alpha value is -2.93. The number of rotatable bonds is 5. The van der Waals surface area contributed by atoms with Crippen molar-refractivity contribution in [3.05, 3.63) is 60.1 Å². The van der Waals surface area contributed by atoms with Crippen molar-refractivity contribution in [3.8, 4) is 0 Å². The predicted molar refractivity (Wildman–Crippen MR) is 96.6 cm³/mol. The first-order valence-electron chi connectivity index (χ1n) is 7.31. The van der Waals surface area contributed by atoms with Gasteiger partial charge in [0, 0.05) is 12.6 Å². The minimum atomic E-state index is -0.403. The molecule has 3 N–H and O–H groups in total. The lowest BCUT2D eigenvalue weighted by Gasteiger charge is -2.12. The van der Waals surface area contributed by atoms with Gasteiger partial charge in [0.15, 0.2) is 5.11 Å². The molecular weight excluding hydrogens is 326 g/mol. The van der Waals surface area contributed by atoms with E-state index >= 15 is 0 Å². The summed E-state index contributed by atoms with van der Waals surface area (Å²) in [5.41, 5.74) is 0.964. The molecule has 6 nitrogen and oxygen atoms in total. The maximum Gasteiger partial charge on any atom is 0.253 e. The summed E-state index contributed by atoms with van der Waals surface area (Å²) >= 11 is 5.11. The number of hydrogen-bond acceptors (Lipinski definition) is 4. The average molecular weight is 343 g/mol.